The van der Waals surface area contributed by atoms with Crippen LogP contribution in [-0.4, -0.2) is 44.7 Å². The Morgan fingerprint density at radius 3 is 2.58 bits per heavy atom. The lowest BCUT2D eigenvalue weighted by atomic mass is 9.99. The zero-order valence-electron chi connectivity index (χ0n) is 13.9. The van der Waals surface area contributed by atoms with E-state index in [1.807, 2.05) is 0 Å². The van der Waals surface area contributed by atoms with Gasteiger partial charge in [0, 0.05) is 24.5 Å². The fourth-order valence-electron chi connectivity index (χ4n) is 2.53. The maximum atomic E-state index is 12.5. The molecule has 1 heterocycles. The number of phenols is 2. The Hall–Kier alpha value is -2.02. The highest BCUT2D eigenvalue weighted by Gasteiger charge is 2.27. The van der Waals surface area contributed by atoms with Crippen LogP contribution in [0.25, 0.3) is 0 Å². The summed E-state index contributed by atoms with van der Waals surface area (Å²) in [5.74, 6) is -2.36. The van der Waals surface area contributed by atoms with Crippen LogP contribution in [0.1, 0.15) is 29.3 Å². The average Bonchev–Trinajstić information content (AvgIpc) is 2.54. The summed E-state index contributed by atoms with van der Waals surface area (Å²) in [5, 5.41) is 29.0. The van der Waals surface area contributed by atoms with Crippen LogP contribution in [0.2, 0.25) is 5.02 Å². The van der Waals surface area contributed by atoms with Crippen molar-refractivity contribution >= 4 is 35.0 Å². The maximum Gasteiger partial charge on any atom is 0.342 e. The fourth-order valence-corrected chi connectivity index (χ4v) is 2.93. The van der Waals surface area contributed by atoms with Gasteiger partial charge in [0.05, 0.1) is 16.5 Å². The Labute approximate surface area is 160 Å². The van der Waals surface area contributed by atoms with Gasteiger partial charge in [0.2, 0.25) is 0 Å². The minimum Gasteiger partial charge on any atom is -0.507 e. The van der Waals surface area contributed by atoms with Crippen molar-refractivity contribution in [2.75, 3.05) is 0 Å². The third-order valence-corrected chi connectivity index (χ3v) is 4.67. The number of aromatic hydroxyl groups is 2. The number of halogens is 2. The minimum absolute atomic E-state index is 0.0344. The molecule has 0 bridgehead atoms. The van der Waals surface area contributed by atoms with Crippen LogP contribution in [0, 0.1) is 0 Å². The van der Waals surface area contributed by atoms with Gasteiger partial charge in [-0.1, -0.05) is 29.8 Å². The van der Waals surface area contributed by atoms with Crippen LogP contribution in [0.4, 0.5) is 0 Å². The summed E-state index contributed by atoms with van der Waals surface area (Å²) in [6.45, 7) is 1.56. The first-order chi connectivity index (χ1) is 12.2. The minimum atomic E-state index is -0.987. The van der Waals surface area contributed by atoms with E-state index < -0.39 is 40.8 Å². The molecule has 0 spiro atoms. The number of cyclic esters (lactones) is 1. The molecule has 3 atom stereocenters. The number of carbonyl (C=O) groups excluding carboxylic acids is 2. The van der Waals surface area contributed by atoms with Crippen molar-refractivity contribution in [1.29, 1.82) is 0 Å². The number of aliphatic hydroxyl groups excluding tert-OH is 1. The molecule has 0 radical (unpaired) electrons. The average molecular weight is 401 g/mol. The van der Waals surface area contributed by atoms with Crippen LogP contribution >= 0.6 is 23.2 Å². The van der Waals surface area contributed by atoms with Gasteiger partial charge in [-0.2, -0.15) is 0 Å². The number of benzene rings is 1. The van der Waals surface area contributed by atoms with Crippen molar-refractivity contribution < 1.29 is 29.6 Å². The third-order valence-electron chi connectivity index (χ3n) is 3.81. The molecule has 0 unspecified atom stereocenters. The van der Waals surface area contributed by atoms with Crippen LogP contribution < -0.4 is 0 Å². The molecule has 2 rings (SSSR count). The summed E-state index contributed by atoms with van der Waals surface area (Å²) < 4.78 is 5.24. The predicted octanol–water partition coefficient (Wildman–Crippen LogP) is 2.89. The molecule has 0 fully saturated rings. The lowest BCUT2D eigenvalue weighted by molar-refractivity contribution is -0.114. The van der Waals surface area contributed by atoms with Crippen LogP contribution in [0.15, 0.2) is 30.4 Å². The van der Waals surface area contributed by atoms with E-state index in [4.69, 9.17) is 27.9 Å². The number of fused-ring (bicyclic) bond motifs is 1. The standard InChI is InChI=1S/C18H18Cl2O6/c1-9-6-13(22)12(19)5-3-2-4-10(21)7-11-16(18(25)26-9)14(23)8-15(24)17(11)20/h2-5,8-9,12-13,22-24H,6-7H2,1H3/b4-2+,5-3-/t9-,12-,13+/m1/s1. The van der Waals surface area contributed by atoms with E-state index >= 15 is 0 Å². The molecule has 0 saturated carbocycles. The number of alkyl halides is 1. The number of allylic oxidation sites excluding steroid dienone is 3. The molecule has 0 amide bonds. The highest BCUT2D eigenvalue weighted by molar-refractivity contribution is 6.33. The van der Waals surface area contributed by atoms with Crippen LogP contribution in [0.3, 0.4) is 0 Å². The van der Waals surface area contributed by atoms with Gasteiger partial charge < -0.3 is 20.1 Å². The molecule has 1 aromatic carbocycles. The lowest BCUT2D eigenvalue weighted by Crippen LogP contribution is -2.27. The van der Waals surface area contributed by atoms with E-state index in [0.717, 1.165) is 6.07 Å². The van der Waals surface area contributed by atoms with E-state index in [1.54, 1.807) is 6.92 Å². The molecule has 3 N–H and O–H groups in total. The van der Waals surface area contributed by atoms with Gasteiger partial charge >= 0.3 is 5.97 Å². The molecule has 140 valence electrons. The number of esters is 1. The van der Waals surface area contributed by atoms with Crippen LogP contribution in [-0.2, 0) is 16.0 Å². The van der Waals surface area contributed by atoms with E-state index in [0.29, 0.717) is 0 Å². The monoisotopic (exact) mass is 400 g/mol. The largest absolute Gasteiger partial charge is 0.507 e. The van der Waals surface area contributed by atoms with E-state index in [1.165, 1.54) is 24.3 Å². The summed E-state index contributed by atoms with van der Waals surface area (Å²) in [7, 11) is 0. The molecule has 1 aromatic rings. The maximum absolute atomic E-state index is 12.5. The second-order valence-corrected chi connectivity index (χ2v) is 6.81. The van der Waals surface area contributed by atoms with E-state index in [-0.39, 0.29) is 29.0 Å². The topological polar surface area (TPSA) is 104 Å². The fraction of sp³-hybridized carbons (Fsp3) is 0.333. The highest BCUT2D eigenvalue weighted by atomic mass is 35.5. The molecular formula is C18H18Cl2O6. The summed E-state index contributed by atoms with van der Waals surface area (Å²) in [5.41, 5.74) is -0.335. The van der Waals surface area contributed by atoms with Crippen molar-refractivity contribution in [2.24, 2.45) is 0 Å². The summed E-state index contributed by atoms with van der Waals surface area (Å²) >= 11 is 12.1. The first-order valence-corrected chi connectivity index (χ1v) is 8.66. The van der Waals surface area contributed by atoms with Gasteiger partial charge in [-0.15, -0.1) is 11.6 Å². The Kier molecular flexibility index (Phi) is 6.69. The molecule has 0 saturated heterocycles. The number of hydrogen-bond donors (Lipinski definition) is 3. The number of carbonyl (C=O) groups is 2. The number of ketones is 1. The number of aliphatic hydroxyl groups is 1. The van der Waals surface area contributed by atoms with Gasteiger partial charge in [0.1, 0.15) is 23.2 Å². The zero-order valence-corrected chi connectivity index (χ0v) is 15.4. The quantitative estimate of drug-likeness (QED) is 0.456. The van der Waals surface area contributed by atoms with E-state index in [2.05, 4.69) is 0 Å². The smallest absolute Gasteiger partial charge is 0.342 e. The number of rotatable bonds is 0. The van der Waals surface area contributed by atoms with Gasteiger partial charge in [-0.05, 0) is 13.0 Å². The van der Waals surface area contributed by atoms with E-state index in [9.17, 15) is 24.9 Å². The molecular weight excluding hydrogens is 383 g/mol. The van der Waals surface area contributed by atoms with Gasteiger partial charge in [-0.25, -0.2) is 4.79 Å². The Bertz CT molecular complexity index is 771. The Morgan fingerprint density at radius 1 is 1.19 bits per heavy atom. The molecule has 6 nitrogen and oxygen atoms in total. The second-order valence-electron chi connectivity index (χ2n) is 5.93. The number of phenolic OH excluding ortho intramolecular Hbond substituents is 2. The normalized spacial score (nSPS) is 27.2. The molecule has 0 aromatic heterocycles. The molecule has 1 aliphatic rings. The zero-order chi connectivity index (χ0) is 19.4. The van der Waals surface area contributed by atoms with Crippen molar-refractivity contribution in [1.82, 2.24) is 0 Å². The van der Waals surface area contributed by atoms with Crippen molar-refractivity contribution in [2.45, 2.75) is 37.4 Å². The third kappa shape index (κ3) is 4.78. The van der Waals surface area contributed by atoms with Crippen LogP contribution in [0.5, 0.6) is 11.5 Å². The van der Waals surface area contributed by atoms with Crippen molar-refractivity contribution in [3.05, 3.63) is 46.5 Å². The number of hydrogen-bond acceptors (Lipinski definition) is 6. The molecule has 0 aliphatic carbocycles. The van der Waals surface area contributed by atoms with Gasteiger partial charge in [-0.3, -0.25) is 4.79 Å². The summed E-state index contributed by atoms with van der Waals surface area (Å²) in [6, 6.07) is 0.906. The highest BCUT2D eigenvalue weighted by Crippen LogP contribution is 2.37. The summed E-state index contributed by atoms with van der Waals surface area (Å²) in [4.78, 5) is 24.6. The first-order valence-electron chi connectivity index (χ1n) is 7.84. The lowest BCUT2D eigenvalue weighted by Gasteiger charge is -2.20. The summed E-state index contributed by atoms with van der Waals surface area (Å²) in [6.07, 6.45) is 3.73. The Morgan fingerprint density at radius 2 is 1.88 bits per heavy atom. The molecule has 8 heteroatoms. The molecule has 26 heavy (non-hydrogen) atoms. The number of ether oxygens (including phenoxy) is 1. The van der Waals surface area contributed by atoms with Crippen molar-refractivity contribution in [3.63, 3.8) is 0 Å². The second kappa shape index (κ2) is 8.58. The van der Waals surface area contributed by atoms with Gasteiger partial charge in [0.25, 0.3) is 0 Å². The SMILES string of the molecule is C[C@@H]1C[C@H](O)[C@H](Cl)/C=C\C=C\C(=O)Cc2c(Cl)c(O)cc(O)c2C(=O)O1. The van der Waals surface area contributed by atoms with Crippen molar-refractivity contribution in [3.8, 4) is 11.5 Å². The van der Waals surface area contributed by atoms with Gasteiger partial charge in [0.15, 0.2) is 5.78 Å². The Balaban J connectivity index is 2.51. The first kappa shape index (κ1) is 20.3. The predicted molar refractivity (Wildman–Crippen MR) is 96.9 cm³/mol. The molecule has 1 aliphatic heterocycles.